The first-order chi connectivity index (χ1) is 5.34. The van der Waals surface area contributed by atoms with Crippen molar-refractivity contribution < 1.29 is 14.6 Å². The molecule has 1 N–H and O–H groups in total. The Kier molecular flexibility index (Phi) is 1.62. The van der Waals surface area contributed by atoms with E-state index in [2.05, 4.69) is 0 Å². The topological polar surface area (TPSA) is 38.7 Å². The van der Waals surface area contributed by atoms with Crippen LogP contribution in [0.4, 0.5) is 0 Å². The van der Waals surface area contributed by atoms with Crippen LogP contribution >= 0.6 is 0 Å². The summed E-state index contributed by atoms with van der Waals surface area (Å²) in [4.78, 5) is 0. The minimum Gasteiger partial charge on any atom is -0.497 e. The van der Waals surface area contributed by atoms with Crippen molar-refractivity contribution in [3.63, 3.8) is 0 Å². The summed E-state index contributed by atoms with van der Waals surface area (Å²) >= 11 is 0. The van der Waals surface area contributed by atoms with Gasteiger partial charge in [-0.1, -0.05) is 0 Å². The lowest BCUT2D eigenvalue weighted by atomic mass is 10.2. The number of hydrogen-bond donors (Lipinski definition) is 1. The molecule has 11 heavy (non-hydrogen) atoms. The lowest BCUT2D eigenvalue weighted by molar-refractivity contribution is -0.0670. The molecular weight excluding hydrogens is 144 g/mol. The van der Waals surface area contributed by atoms with Gasteiger partial charge in [0.05, 0.1) is 6.61 Å². The lowest BCUT2D eigenvalue weighted by Crippen LogP contribution is -2.12. The van der Waals surface area contributed by atoms with Gasteiger partial charge in [0.2, 0.25) is 0 Å². The zero-order valence-corrected chi connectivity index (χ0v) is 6.54. The largest absolute Gasteiger partial charge is 0.497 e. The fourth-order valence-corrected chi connectivity index (χ4v) is 1.56. The smallest absolute Gasteiger partial charge is 0.181 e. The molecule has 2 atom stereocenters. The third-order valence-electron chi connectivity index (χ3n) is 2.15. The van der Waals surface area contributed by atoms with Crippen molar-refractivity contribution in [3.8, 4) is 0 Å². The first-order valence-electron chi connectivity index (χ1n) is 4.01. The summed E-state index contributed by atoms with van der Waals surface area (Å²) in [5.74, 6) is 1.39. The van der Waals surface area contributed by atoms with Crippen LogP contribution in [0.5, 0.6) is 0 Å². The van der Waals surface area contributed by atoms with Crippen LogP contribution in [0.15, 0.2) is 11.3 Å². The van der Waals surface area contributed by atoms with Gasteiger partial charge in [0.15, 0.2) is 6.29 Å². The van der Waals surface area contributed by atoms with E-state index < -0.39 is 6.29 Å². The van der Waals surface area contributed by atoms with Crippen molar-refractivity contribution in [1.29, 1.82) is 0 Å². The predicted molar refractivity (Wildman–Crippen MR) is 38.7 cm³/mol. The fourth-order valence-electron chi connectivity index (χ4n) is 1.56. The highest BCUT2D eigenvalue weighted by Gasteiger charge is 2.46. The molecule has 1 fully saturated rings. The lowest BCUT2D eigenvalue weighted by Gasteiger charge is -2.07. The first-order valence-corrected chi connectivity index (χ1v) is 4.01. The van der Waals surface area contributed by atoms with Crippen molar-refractivity contribution in [2.75, 3.05) is 13.2 Å². The highest BCUT2D eigenvalue weighted by Crippen LogP contribution is 2.49. The molecule has 0 radical (unpaired) electrons. The summed E-state index contributed by atoms with van der Waals surface area (Å²) in [6, 6.07) is 0. The van der Waals surface area contributed by atoms with Gasteiger partial charge in [-0.25, -0.2) is 0 Å². The van der Waals surface area contributed by atoms with E-state index in [1.807, 2.05) is 6.92 Å². The monoisotopic (exact) mass is 156 g/mol. The van der Waals surface area contributed by atoms with Crippen molar-refractivity contribution >= 4 is 0 Å². The Balaban J connectivity index is 1.92. The van der Waals surface area contributed by atoms with E-state index in [9.17, 15) is 5.11 Å². The maximum atomic E-state index is 9.33. The van der Waals surface area contributed by atoms with E-state index in [0.717, 1.165) is 24.4 Å². The van der Waals surface area contributed by atoms with Gasteiger partial charge in [-0.3, -0.25) is 0 Å². The van der Waals surface area contributed by atoms with Crippen molar-refractivity contribution in [3.05, 3.63) is 11.3 Å². The molecule has 0 bridgehead atoms. The van der Waals surface area contributed by atoms with Gasteiger partial charge in [0, 0.05) is 18.1 Å². The number of aliphatic hydroxyl groups is 1. The average Bonchev–Trinajstić information content (AvgIpc) is 2.47. The normalized spacial score (nSPS) is 29.8. The van der Waals surface area contributed by atoms with E-state index in [1.165, 1.54) is 0 Å². The quantitative estimate of drug-likeness (QED) is 0.609. The van der Waals surface area contributed by atoms with Crippen LogP contribution in [0.2, 0.25) is 0 Å². The second kappa shape index (κ2) is 2.50. The molecule has 2 unspecified atom stereocenters. The molecule has 0 saturated carbocycles. The van der Waals surface area contributed by atoms with E-state index in [-0.39, 0.29) is 0 Å². The summed E-state index contributed by atoms with van der Waals surface area (Å²) < 4.78 is 10.3. The van der Waals surface area contributed by atoms with Crippen LogP contribution in [0, 0.1) is 5.92 Å². The van der Waals surface area contributed by atoms with Crippen LogP contribution in [0.3, 0.4) is 0 Å². The zero-order chi connectivity index (χ0) is 7.84. The zero-order valence-electron chi connectivity index (χ0n) is 6.54. The molecular formula is C8H12O3. The van der Waals surface area contributed by atoms with E-state index in [1.54, 1.807) is 0 Å². The van der Waals surface area contributed by atoms with E-state index in [0.29, 0.717) is 12.5 Å². The second-order valence-corrected chi connectivity index (χ2v) is 2.82. The number of aliphatic hydroxyl groups excluding tert-OH is 1. The molecule has 62 valence electrons. The minimum absolute atomic E-state index is 0.413. The van der Waals surface area contributed by atoms with Gasteiger partial charge in [-0.15, -0.1) is 0 Å². The molecule has 3 nitrogen and oxygen atoms in total. The van der Waals surface area contributed by atoms with Gasteiger partial charge in [-0.2, -0.15) is 0 Å². The molecule has 1 heterocycles. The number of allylic oxidation sites excluding steroid dienone is 1. The van der Waals surface area contributed by atoms with Crippen molar-refractivity contribution in [2.24, 2.45) is 5.92 Å². The summed E-state index contributed by atoms with van der Waals surface area (Å²) in [7, 11) is 0. The Bertz CT molecular complexity index is 198. The van der Waals surface area contributed by atoms with Crippen molar-refractivity contribution in [1.82, 2.24) is 0 Å². The van der Waals surface area contributed by atoms with Gasteiger partial charge in [-0.05, 0) is 13.3 Å². The number of hydrogen-bond acceptors (Lipinski definition) is 3. The molecule has 2 aliphatic rings. The summed E-state index contributed by atoms with van der Waals surface area (Å²) in [5, 5.41) is 9.33. The third-order valence-corrected chi connectivity index (χ3v) is 2.15. The van der Waals surface area contributed by atoms with Gasteiger partial charge in [0.25, 0.3) is 0 Å². The molecule has 0 amide bonds. The first kappa shape index (κ1) is 7.13. The van der Waals surface area contributed by atoms with Crippen LogP contribution in [0.1, 0.15) is 13.3 Å². The predicted octanol–water partition coefficient (Wildman–Crippen LogP) is 0.645. The number of rotatable bonds is 3. The van der Waals surface area contributed by atoms with E-state index >= 15 is 0 Å². The summed E-state index contributed by atoms with van der Waals surface area (Å²) in [6.07, 6.45) is 0.315. The molecule has 1 aliphatic heterocycles. The Labute approximate surface area is 65.6 Å². The molecule has 2 rings (SSSR count). The molecule has 0 aromatic carbocycles. The summed E-state index contributed by atoms with van der Waals surface area (Å²) in [6.45, 7) is 3.22. The SMILES string of the molecule is CCOC(O)C1=C2OCCC21. The minimum atomic E-state index is -0.708. The Morgan fingerprint density at radius 2 is 2.64 bits per heavy atom. The van der Waals surface area contributed by atoms with Gasteiger partial charge in [0.1, 0.15) is 5.76 Å². The third kappa shape index (κ3) is 1.04. The second-order valence-electron chi connectivity index (χ2n) is 2.82. The molecule has 1 saturated heterocycles. The van der Waals surface area contributed by atoms with Crippen molar-refractivity contribution in [2.45, 2.75) is 19.6 Å². The number of ether oxygens (including phenoxy) is 2. The van der Waals surface area contributed by atoms with Crippen LogP contribution < -0.4 is 0 Å². The molecule has 0 aromatic rings. The molecule has 3 heteroatoms. The van der Waals surface area contributed by atoms with Crippen LogP contribution in [-0.4, -0.2) is 24.6 Å². The fraction of sp³-hybridized carbons (Fsp3) is 0.750. The Hall–Kier alpha value is -0.540. The van der Waals surface area contributed by atoms with Gasteiger partial charge >= 0.3 is 0 Å². The molecule has 0 spiro atoms. The standard InChI is InChI=1S/C8H12O3/c1-2-10-8(9)6-5-3-4-11-7(5)6/h5,8-9H,2-4H2,1H3. The van der Waals surface area contributed by atoms with E-state index in [4.69, 9.17) is 9.47 Å². The average molecular weight is 156 g/mol. The number of fused-ring (bicyclic) bond motifs is 1. The Morgan fingerprint density at radius 1 is 1.82 bits per heavy atom. The Morgan fingerprint density at radius 3 is 3.18 bits per heavy atom. The van der Waals surface area contributed by atoms with Crippen LogP contribution in [-0.2, 0) is 9.47 Å². The summed E-state index contributed by atoms with van der Waals surface area (Å²) in [5.41, 5.74) is 0.970. The highest BCUT2D eigenvalue weighted by atomic mass is 16.6. The van der Waals surface area contributed by atoms with Gasteiger partial charge < -0.3 is 14.6 Å². The highest BCUT2D eigenvalue weighted by molar-refractivity contribution is 5.40. The maximum absolute atomic E-state index is 9.33. The maximum Gasteiger partial charge on any atom is 0.181 e. The van der Waals surface area contributed by atoms with Crippen LogP contribution in [0.25, 0.3) is 0 Å². The molecule has 1 aliphatic carbocycles. The molecule has 0 aromatic heterocycles.